The topological polar surface area (TPSA) is 156 Å². The fourth-order valence-electron chi connectivity index (χ4n) is 0.502. The molecule has 0 aliphatic rings. The monoisotopic (exact) mass is 280 g/mol. The van der Waals surface area contributed by atoms with E-state index in [0.717, 1.165) is 0 Å². The maximum Gasteiger partial charge on any atom is 0.267 e. The maximum atomic E-state index is 10.2. The van der Waals surface area contributed by atoms with Crippen molar-refractivity contribution in [2.75, 3.05) is 24.7 Å². The first-order chi connectivity index (χ1) is 7.10. The second-order valence-electron chi connectivity index (χ2n) is 2.52. The second kappa shape index (κ2) is 6.41. The summed E-state index contributed by atoms with van der Waals surface area (Å²) in [4.78, 5) is 8.81. The summed E-state index contributed by atoms with van der Waals surface area (Å²) in [6.45, 7) is -0.942. The van der Waals surface area contributed by atoms with Gasteiger partial charge in [-0.05, 0) is 0 Å². The molecule has 0 fully saturated rings. The molecule has 0 aliphatic carbocycles. The number of nitrogens with two attached hydrogens (primary N) is 1. The first-order valence-corrected chi connectivity index (χ1v) is 7.03. The van der Waals surface area contributed by atoms with Crippen LogP contribution in [0.1, 0.15) is 0 Å². The predicted molar refractivity (Wildman–Crippen MR) is 50.8 cm³/mol. The summed E-state index contributed by atoms with van der Waals surface area (Å²) in [6.07, 6.45) is 0. The molecule has 0 amide bonds. The van der Waals surface area contributed by atoms with E-state index in [2.05, 4.69) is 9.68 Å². The molecule has 0 bridgehead atoms. The zero-order valence-corrected chi connectivity index (χ0v) is 9.65. The zero-order valence-electron chi connectivity index (χ0n) is 8.01. The summed E-state index contributed by atoms with van der Waals surface area (Å²) in [5.41, 5.74) is 0. The molecule has 98 valence electrons. The average Bonchev–Trinajstić information content (AvgIpc) is 1.98. The molecule has 0 atom stereocenters. The van der Waals surface area contributed by atoms with Crippen LogP contribution in [0, 0.1) is 0 Å². The fraction of sp³-hybridized carbons (Fsp3) is 1.00. The van der Waals surface area contributed by atoms with E-state index in [1.807, 2.05) is 0 Å². The van der Waals surface area contributed by atoms with Crippen molar-refractivity contribution in [2.45, 2.75) is 0 Å². The zero-order chi connectivity index (χ0) is 12.8. The van der Waals surface area contributed by atoms with Crippen molar-refractivity contribution in [3.8, 4) is 0 Å². The van der Waals surface area contributed by atoms with Crippen molar-refractivity contribution in [2.24, 2.45) is 5.84 Å². The number of rotatable bonds is 8. The molecule has 0 unspecified atom stereocenters. The van der Waals surface area contributed by atoms with Gasteiger partial charge in [0.25, 0.3) is 20.2 Å². The molecular formula is C4H12N2O8S2. The number of hydrazine groups is 1. The third-order valence-corrected chi connectivity index (χ3v) is 2.48. The van der Waals surface area contributed by atoms with Gasteiger partial charge in [0.2, 0.25) is 0 Å². The quantitative estimate of drug-likeness (QED) is 0.253. The molecule has 0 aromatic carbocycles. The molecule has 0 spiro atoms. The predicted octanol–water partition coefficient (Wildman–Crippen LogP) is -2.20. The molecule has 10 nitrogen and oxygen atoms in total. The fourth-order valence-corrected chi connectivity index (χ4v) is 1.07. The highest BCUT2D eigenvalue weighted by Gasteiger charge is 2.09. The molecule has 0 radical (unpaired) electrons. The van der Waals surface area contributed by atoms with Gasteiger partial charge in [0.05, 0.1) is 13.2 Å². The lowest BCUT2D eigenvalue weighted by atomic mass is 10.9. The van der Waals surface area contributed by atoms with Gasteiger partial charge in [-0.2, -0.15) is 16.8 Å². The highest BCUT2D eigenvalue weighted by Crippen LogP contribution is 1.89. The smallest absolute Gasteiger partial charge is 0.267 e. The molecule has 0 heterocycles. The Morgan fingerprint density at radius 1 is 0.938 bits per heavy atom. The molecule has 4 N–H and O–H groups in total. The van der Waals surface area contributed by atoms with Gasteiger partial charge in [0, 0.05) is 5.34 Å². The van der Waals surface area contributed by atoms with E-state index in [0.29, 0.717) is 0 Å². The molecule has 0 saturated carbocycles. The number of hydrogen-bond acceptors (Lipinski definition) is 8. The SMILES string of the molecule is NN(OCCS(=O)(=O)O)OCCS(=O)(=O)O. The Bertz CT molecular complexity index is 350. The first kappa shape index (κ1) is 15.7. The summed E-state index contributed by atoms with van der Waals surface area (Å²) >= 11 is 0. The molecule has 0 aliphatic heterocycles. The Labute approximate surface area is 92.3 Å². The van der Waals surface area contributed by atoms with Gasteiger partial charge in [0.1, 0.15) is 11.5 Å². The molecular weight excluding hydrogens is 268 g/mol. The van der Waals surface area contributed by atoms with Crippen LogP contribution in [0.4, 0.5) is 0 Å². The minimum absolute atomic E-state index is 0.233. The average molecular weight is 280 g/mol. The minimum atomic E-state index is -4.16. The van der Waals surface area contributed by atoms with Gasteiger partial charge in [-0.25, -0.2) is 5.84 Å². The van der Waals surface area contributed by atoms with Crippen molar-refractivity contribution >= 4 is 20.2 Å². The Morgan fingerprint density at radius 2 is 1.25 bits per heavy atom. The summed E-state index contributed by atoms with van der Waals surface area (Å²) in [6, 6.07) is 0. The summed E-state index contributed by atoms with van der Waals surface area (Å²) < 4.78 is 57.5. The summed E-state index contributed by atoms with van der Waals surface area (Å²) in [5.74, 6) is 3.58. The Balaban J connectivity index is 3.64. The van der Waals surface area contributed by atoms with Crippen LogP contribution in [0.5, 0.6) is 0 Å². The minimum Gasteiger partial charge on any atom is -0.285 e. The van der Waals surface area contributed by atoms with Crippen molar-refractivity contribution in [1.29, 1.82) is 0 Å². The van der Waals surface area contributed by atoms with E-state index >= 15 is 0 Å². The van der Waals surface area contributed by atoms with Crippen molar-refractivity contribution < 1.29 is 35.6 Å². The summed E-state index contributed by atoms with van der Waals surface area (Å²) in [5, 5.41) is 0.233. The van der Waals surface area contributed by atoms with Crippen molar-refractivity contribution in [3.05, 3.63) is 0 Å². The first-order valence-electron chi connectivity index (χ1n) is 3.81. The number of hydrogen-bond donors (Lipinski definition) is 3. The highest BCUT2D eigenvalue weighted by atomic mass is 32.2. The van der Waals surface area contributed by atoms with E-state index in [1.54, 1.807) is 0 Å². The Kier molecular flexibility index (Phi) is 6.27. The van der Waals surface area contributed by atoms with Crippen LogP contribution < -0.4 is 5.84 Å². The van der Waals surface area contributed by atoms with E-state index < -0.39 is 45.0 Å². The van der Waals surface area contributed by atoms with Crippen LogP contribution in [-0.2, 0) is 29.9 Å². The van der Waals surface area contributed by atoms with E-state index in [-0.39, 0.29) is 5.34 Å². The van der Waals surface area contributed by atoms with Crippen LogP contribution in [0.25, 0.3) is 0 Å². The molecule has 12 heteroatoms. The largest absolute Gasteiger partial charge is 0.285 e. The molecule has 0 aromatic heterocycles. The lowest BCUT2D eigenvalue weighted by molar-refractivity contribution is -0.368. The standard InChI is InChI=1S/C4H12N2O8S2/c5-6(13-1-3-15(7,8)9)14-2-4-16(10,11)12/h1-5H2,(H,7,8,9)(H,10,11,12). The van der Waals surface area contributed by atoms with Gasteiger partial charge in [-0.15, -0.1) is 0 Å². The van der Waals surface area contributed by atoms with Gasteiger partial charge in [0.15, 0.2) is 0 Å². The van der Waals surface area contributed by atoms with Crippen LogP contribution in [0.3, 0.4) is 0 Å². The van der Waals surface area contributed by atoms with Gasteiger partial charge < -0.3 is 0 Å². The molecule has 16 heavy (non-hydrogen) atoms. The van der Waals surface area contributed by atoms with Crippen LogP contribution in [0.2, 0.25) is 0 Å². The second-order valence-corrected chi connectivity index (χ2v) is 5.67. The highest BCUT2D eigenvalue weighted by molar-refractivity contribution is 7.86. The van der Waals surface area contributed by atoms with Crippen LogP contribution >= 0.6 is 0 Å². The molecule has 0 rings (SSSR count). The summed E-state index contributed by atoms with van der Waals surface area (Å²) in [7, 11) is -8.32. The Morgan fingerprint density at radius 3 is 1.50 bits per heavy atom. The molecule has 0 saturated heterocycles. The van der Waals surface area contributed by atoms with E-state index in [1.165, 1.54) is 0 Å². The van der Waals surface area contributed by atoms with E-state index in [9.17, 15) is 16.8 Å². The van der Waals surface area contributed by atoms with Gasteiger partial charge in [-0.1, -0.05) is 0 Å². The normalized spacial score (nSPS) is 13.2. The maximum absolute atomic E-state index is 10.2. The van der Waals surface area contributed by atoms with E-state index in [4.69, 9.17) is 14.9 Å². The third-order valence-electron chi connectivity index (χ3n) is 1.12. The third kappa shape index (κ3) is 11.7. The van der Waals surface area contributed by atoms with Crippen molar-refractivity contribution in [3.63, 3.8) is 0 Å². The lowest BCUT2D eigenvalue weighted by Gasteiger charge is -2.13. The van der Waals surface area contributed by atoms with Crippen LogP contribution in [-0.4, -0.2) is 56.0 Å². The molecule has 0 aromatic rings. The van der Waals surface area contributed by atoms with Crippen molar-refractivity contribution in [1.82, 2.24) is 5.34 Å². The number of nitrogens with zero attached hydrogens (tertiary/aromatic N) is 1. The van der Waals surface area contributed by atoms with Crippen LogP contribution in [0.15, 0.2) is 0 Å². The lowest BCUT2D eigenvalue weighted by Crippen LogP contribution is -2.34. The Hall–Kier alpha value is -0.340. The van der Waals surface area contributed by atoms with Gasteiger partial charge >= 0.3 is 0 Å². The van der Waals surface area contributed by atoms with Gasteiger partial charge in [-0.3, -0.25) is 18.8 Å².